The zero-order chi connectivity index (χ0) is 21.0. The summed E-state index contributed by atoms with van der Waals surface area (Å²) >= 11 is 12.1. The van der Waals surface area contributed by atoms with Gasteiger partial charge >= 0.3 is 0 Å². The van der Waals surface area contributed by atoms with E-state index in [1.54, 1.807) is 0 Å². The summed E-state index contributed by atoms with van der Waals surface area (Å²) in [6, 6.07) is 15.1. The number of halogens is 2. The topological polar surface area (TPSA) is 41.9 Å². The largest absolute Gasteiger partial charge is 0.390 e. The van der Waals surface area contributed by atoms with E-state index in [0.717, 1.165) is 16.8 Å². The maximum absolute atomic E-state index is 13.0. The van der Waals surface area contributed by atoms with Crippen LogP contribution in [-0.4, -0.2) is 29.2 Å². The summed E-state index contributed by atoms with van der Waals surface area (Å²) in [7, 11) is 0. The van der Waals surface area contributed by atoms with Crippen molar-refractivity contribution in [2.24, 2.45) is 10.6 Å². The maximum Gasteiger partial charge on any atom is 0.223 e. The van der Waals surface area contributed by atoms with Crippen molar-refractivity contribution in [1.82, 2.24) is 4.90 Å². The molecule has 0 fully saturated rings. The van der Waals surface area contributed by atoms with Crippen LogP contribution in [0.25, 0.3) is 0 Å². The molecule has 0 saturated carbocycles. The highest BCUT2D eigenvalue weighted by atomic mass is 35.5. The highest BCUT2D eigenvalue weighted by Gasteiger charge is 2.28. The van der Waals surface area contributed by atoms with Gasteiger partial charge in [0.15, 0.2) is 6.10 Å². The van der Waals surface area contributed by atoms with Gasteiger partial charge in [-0.2, -0.15) is 0 Å². The first kappa shape index (κ1) is 21.7. The number of benzene rings is 2. The second kappa shape index (κ2) is 9.19. The molecule has 0 radical (unpaired) electrons. The van der Waals surface area contributed by atoms with Gasteiger partial charge in [-0.05, 0) is 40.8 Å². The highest BCUT2D eigenvalue weighted by Crippen LogP contribution is 2.24. The third kappa shape index (κ3) is 6.48. The summed E-state index contributed by atoms with van der Waals surface area (Å²) in [6.45, 7) is 7.16. The van der Waals surface area contributed by atoms with Crippen LogP contribution in [0.3, 0.4) is 0 Å². The molecular formula is C23H26Cl2N2O2. The van der Waals surface area contributed by atoms with Crippen LogP contribution in [0.4, 0.5) is 0 Å². The second-order valence-electron chi connectivity index (χ2n) is 8.62. The smallest absolute Gasteiger partial charge is 0.223 e. The van der Waals surface area contributed by atoms with Gasteiger partial charge in [0.05, 0.1) is 12.3 Å². The standard InChI is InChI=1S/C23H26Cl2N2O2/c1-23(2,3)13-22(28)27(14-16-5-4-6-19(25)11-16)15-20-12-21(26-29-20)17-7-9-18(24)10-8-17/h4-11,20H,12-15H2,1-3H3/t20-/m1/s1. The molecule has 1 atom stereocenters. The number of oxime groups is 1. The Hall–Kier alpha value is -2.04. The van der Waals surface area contributed by atoms with Gasteiger partial charge in [-0.1, -0.05) is 73.4 Å². The first-order valence-electron chi connectivity index (χ1n) is 9.70. The van der Waals surface area contributed by atoms with E-state index in [0.29, 0.717) is 36.0 Å². The summed E-state index contributed by atoms with van der Waals surface area (Å²) in [5, 5.41) is 5.59. The van der Waals surface area contributed by atoms with Gasteiger partial charge in [-0.25, -0.2) is 0 Å². The molecule has 2 aromatic rings. The first-order valence-corrected chi connectivity index (χ1v) is 10.5. The van der Waals surface area contributed by atoms with Gasteiger partial charge in [-0.15, -0.1) is 0 Å². The molecule has 0 aromatic heterocycles. The van der Waals surface area contributed by atoms with Crippen molar-refractivity contribution in [1.29, 1.82) is 0 Å². The summed E-state index contributed by atoms with van der Waals surface area (Å²) in [5.74, 6) is 0.0982. The number of carbonyl (C=O) groups is 1. The van der Waals surface area contributed by atoms with Crippen molar-refractivity contribution in [3.05, 3.63) is 69.7 Å². The predicted molar refractivity (Wildman–Crippen MR) is 118 cm³/mol. The van der Waals surface area contributed by atoms with Gasteiger partial charge in [0.2, 0.25) is 5.91 Å². The van der Waals surface area contributed by atoms with E-state index < -0.39 is 0 Å². The maximum atomic E-state index is 13.0. The molecule has 0 aliphatic carbocycles. The molecule has 4 nitrogen and oxygen atoms in total. The Labute approximate surface area is 182 Å². The number of carbonyl (C=O) groups excluding carboxylic acids is 1. The zero-order valence-corrected chi connectivity index (χ0v) is 18.5. The summed E-state index contributed by atoms with van der Waals surface area (Å²) in [5.41, 5.74) is 2.76. The van der Waals surface area contributed by atoms with E-state index >= 15 is 0 Å². The molecule has 1 aliphatic rings. The SMILES string of the molecule is CC(C)(C)CC(=O)N(Cc1cccc(Cl)c1)C[C@H]1CC(c2ccc(Cl)cc2)=NO1. The van der Waals surface area contributed by atoms with Crippen molar-refractivity contribution in [2.75, 3.05) is 6.54 Å². The van der Waals surface area contributed by atoms with Gasteiger partial charge in [-0.3, -0.25) is 4.79 Å². The van der Waals surface area contributed by atoms with Crippen molar-refractivity contribution in [3.8, 4) is 0 Å². The lowest BCUT2D eigenvalue weighted by atomic mass is 9.91. The van der Waals surface area contributed by atoms with Gasteiger partial charge in [0, 0.05) is 29.4 Å². The van der Waals surface area contributed by atoms with Crippen LogP contribution in [0.5, 0.6) is 0 Å². The number of hydrogen-bond acceptors (Lipinski definition) is 3. The molecule has 29 heavy (non-hydrogen) atoms. The molecule has 2 aromatic carbocycles. The number of nitrogens with zero attached hydrogens (tertiary/aromatic N) is 2. The molecule has 1 aliphatic heterocycles. The lowest BCUT2D eigenvalue weighted by molar-refractivity contribution is -0.135. The molecule has 0 saturated heterocycles. The van der Waals surface area contributed by atoms with Crippen LogP contribution in [0, 0.1) is 5.41 Å². The van der Waals surface area contributed by atoms with E-state index in [9.17, 15) is 4.79 Å². The Morgan fingerprint density at radius 3 is 2.52 bits per heavy atom. The Kier molecular flexibility index (Phi) is 6.86. The number of rotatable bonds is 6. The lowest BCUT2D eigenvalue weighted by Gasteiger charge is -2.28. The van der Waals surface area contributed by atoms with Crippen LogP contribution >= 0.6 is 23.2 Å². The average molecular weight is 433 g/mol. The minimum Gasteiger partial charge on any atom is -0.390 e. The van der Waals surface area contributed by atoms with Gasteiger partial charge in [0.1, 0.15) is 0 Å². The van der Waals surface area contributed by atoms with Gasteiger partial charge < -0.3 is 9.74 Å². The third-order valence-electron chi connectivity index (χ3n) is 4.63. The van der Waals surface area contributed by atoms with E-state index in [1.807, 2.05) is 53.4 Å². The highest BCUT2D eigenvalue weighted by molar-refractivity contribution is 6.31. The zero-order valence-electron chi connectivity index (χ0n) is 17.0. The van der Waals surface area contributed by atoms with Crippen molar-refractivity contribution in [3.63, 3.8) is 0 Å². The summed E-state index contributed by atoms with van der Waals surface area (Å²) in [4.78, 5) is 20.5. The fraction of sp³-hybridized carbons (Fsp3) is 0.391. The van der Waals surface area contributed by atoms with E-state index in [2.05, 4.69) is 25.9 Å². The third-order valence-corrected chi connectivity index (χ3v) is 5.12. The van der Waals surface area contributed by atoms with Crippen molar-refractivity contribution in [2.45, 2.75) is 46.3 Å². The van der Waals surface area contributed by atoms with Gasteiger partial charge in [0.25, 0.3) is 0 Å². The first-order chi connectivity index (χ1) is 13.7. The van der Waals surface area contributed by atoms with Crippen molar-refractivity contribution >= 4 is 34.8 Å². The van der Waals surface area contributed by atoms with Crippen molar-refractivity contribution < 1.29 is 9.63 Å². The lowest BCUT2D eigenvalue weighted by Crippen LogP contribution is -2.38. The summed E-state index contributed by atoms with van der Waals surface area (Å²) in [6.07, 6.45) is 0.936. The molecule has 0 bridgehead atoms. The van der Waals surface area contributed by atoms with Crippen LogP contribution < -0.4 is 0 Å². The minimum atomic E-state index is -0.177. The van der Waals surface area contributed by atoms with E-state index in [1.165, 1.54) is 0 Å². The Morgan fingerprint density at radius 2 is 1.86 bits per heavy atom. The van der Waals surface area contributed by atoms with E-state index in [4.69, 9.17) is 28.0 Å². The molecule has 0 unspecified atom stereocenters. The fourth-order valence-corrected chi connectivity index (χ4v) is 3.60. The number of hydrogen-bond donors (Lipinski definition) is 0. The second-order valence-corrected chi connectivity index (χ2v) is 9.49. The Morgan fingerprint density at radius 1 is 1.14 bits per heavy atom. The van der Waals surface area contributed by atoms with Crippen LogP contribution in [0.1, 0.15) is 44.7 Å². The predicted octanol–water partition coefficient (Wildman–Crippen LogP) is 5.95. The molecule has 3 rings (SSSR count). The normalized spacial score (nSPS) is 16.3. The fourth-order valence-electron chi connectivity index (χ4n) is 3.26. The van der Waals surface area contributed by atoms with Crippen LogP contribution in [0.15, 0.2) is 53.7 Å². The van der Waals surface area contributed by atoms with E-state index in [-0.39, 0.29) is 17.4 Å². The molecule has 0 N–H and O–H groups in total. The Bertz CT molecular complexity index is 888. The molecule has 0 spiro atoms. The van der Waals surface area contributed by atoms with Crippen LogP contribution in [-0.2, 0) is 16.2 Å². The molecule has 154 valence electrons. The minimum absolute atomic E-state index is 0.0921. The monoisotopic (exact) mass is 432 g/mol. The molecular weight excluding hydrogens is 407 g/mol. The average Bonchev–Trinajstić information content (AvgIpc) is 3.09. The molecule has 1 heterocycles. The quantitative estimate of drug-likeness (QED) is 0.565. The summed E-state index contributed by atoms with van der Waals surface area (Å²) < 4.78 is 0. The number of amides is 1. The molecule has 1 amide bonds. The Balaban J connectivity index is 1.69. The van der Waals surface area contributed by atoms with Crippen LogP contribution in [0.2, 0.25) is 10.0 Å². The molecule has 6 heteroatoms.